The van der Waals surface area contributed by atoms with E-state index in [-0.39, 0.29) is 0 Å². The van der Waals surface area contributed by atoms with Crippen LogP contribution in [0, 0.1) is 13.8 Å². The molecule has 0 aliphatic heterocycles. The third-order valence-corrected chi connectivity index (χ3v) is 3.52. The van der Waals surface area contributed by atoms with E-state index in [0.717, 1.165) is 22.4 Å². The molecule has 0 spiro atoms. The zero-order chi connectivity index (χ0) is 13.4. The molecule has 1 heterocycles. The van der Waals surface area contributed by atoms with E-state index < -0.39 is 5.97 Å². The van der Waals surface area contributed by atoms with Crippen LogP contribution in [0.1, 0.15) is 21.6 Å². The molecule has 3 nitrogen and oxygen atoms in total. The summed E-state index contributed by atoms with van der Waals surface area (Å²) < 4.78 is 1.72. The molecule has 2 rings (SSSR count). The van der Waals surface area contributed by atoms with Crippen LogP contribution in [-0.4, -0.2) is 15.6 Å². The normalized spacial score (nSPS) is 10.7. The molecular weight excluding hydrogens is 250 g/mol. The van der Waals surface area contributed by atoms with Gasteiger partial charge < -0.3 is 9.67 Å². The maximum Gasteiger partial charge on any atom is 0.352 e. The van der Waals surface area contributed by atoms with E-state index in [4.69, 9.17) is 11.6 Å². The molecule has 0 aliphatic rings. The van der Waals surface area contributed by atoms with Crippen LogP contribution in [0.25, 0.3) is 11.3 Å². The van der Waals surface area contributed by atoms with Crippen molar-refractivity contribution in [2.75, 3.05) is 0 Å². The van der Waals surface area contributed by atoms with Crippen molar-refractivity contribution >= 4 is 17.6 Å². The quantitative estimate of drug-likeness (QED) is 0.898. The highest BCUT2D eigenvalue weighted by Gasteiger charge is 2.20. The van der Waals surface area contributed by atoms with Gasteiger partial charge in [-0.25, -0.2) is 4.79 Å². The predicted octanol–water partition coefficient (Wildman–Crippen LogP) is 3.66. The van der Waals surface area contributed by atoms with Gasteiger partial charge in [-0.3, -0.25) is 0 Å². The van der Waals surface area contributed by atoms with E-state index in [1.165, 1.54) is 0 Å². The topological polar surface area (TPSA) is 42.2 Å². The van der Waals surface area contributed by atoms with Gasteiger partial charge in [0, 0.05) is 12.1 Å². The first-order valence-corrected chi connectivity index (χ1v) is 5.96. The number of hydrogen-bond acceptors (Lipinski definition) is 1. The van der Waals surface area contributed by atoms with Gasteiger partial charge in [-0.15, -0.1) is 0 Å². The Balaban J connectivity index is 2.69. The van der Waals surface area contributed by atoms with Crippen LogP contribution < -0.4 is 0 Å². The Morgan fingerprint density at radius 3 is 2.17 bits per heavy atom. The number of rotatable bonds is 2. The zero-order valence-electron chi connectivity index (χ0n) is 10.5. The van der Waals surface area contributed by atoms with Gasteiger partial charge in [0.15, 0.2) is 0 Å². The number of aromatic carboxylic acids is 1. The number of benzene rings is 1. The second-order valence-corrected chi connectivity index (χ2v) is 4.75. The smallest absolute Gasteiger partial charge is 0.352 e. The zero-order valence-corrected chi connectivity index (χ0v) is 11.2. The maximum absolute atomic E-state index is 11.3. The van der Waals surface area contributed by atoms with E-state index >= 15 is 0 Å². The molecule has 0 atom stereocenters. The molecule has 1 N–H and O–H groups in total. The number of carboxylic acids is 1. The lowest BCUT2D eigenvalue weighted by atomic mass is 10.1. The number of hydrogen-bond donors (Lipinski definition) is 1. The maximum atomic E-state index is 11.3. The van der Waals surface area contributed by atoms with Crippen molar-refractivity contribution in [2.45, 2.75) is 13.8 Å². The fraction of sp³-hybridized carbons (Fsp3) is 0.214. The molecule has 0 fully saturated rings. The molecule has 0 aliphatic carbocycles. The van der Waals surface area contributed by atoms with Crippen LogP contribution in [0.15, 0.2) is 24.3 Å². The highest BCUT2D eigenvalue weighted by molar-refractivity contribution is 6.30. The van der Waals surface area contributed by atoms with Crippen LogP contribution in [0.5, 0.6) is 0 Å². The molecule has 18 heavy (non-hydrogen) atoms. The van der Waals surface area contributed by atoms with E-state index in [1.807, 2.05) is 26.0 Å². The Kier molecular flexibility index (Phi) is 3.18. The molecule has 1 aromatic heterocycles. The minimum Gasteiger partial charge on any atom is -0.477 e. The first kappa shape index (κ1) is 12.7. The number of carboxylic acid groups (broad SMARTS) is 1. The van der Waals surface area contributed by atoms with Crippen LogP contribution in [-0.2, 0) is 7.05 Å². The highest BCUT2D eigenvalue weighted by Crippen LogP contribution is 2.30. The molecule has 0 unspecified atom stereocenters. The molecule has 0 saturated carbocycles. The van der Waals surface area contributed by atoms with E-state index in [0.29, 0.717) is 10.7 Å². The van der Waals surface area contributed by atoms with Gasteiger partial charge in [-0.2, -0.15) is 0 Å². The Labute approximate surface area is 111 Å². The largest absolute Gasteiger partial charge is 0.477 e. The van der Waals surface area contributed by atoms with Crippen molar-refractivity contribution in [3.05, 3.63) is 46.1 Å². The Morgan fingerprint density at radius 2 is 1.72 bits per heavy atom. The van der Waals surface area contributed by atoms with Crippen molar-refractivity contribution in [2.24, 2.45) is 7.05 Å². The lowest BCUT2D eigenvalue weighted by Gasteiger charge is -2.07. The lowest BCUT2D eigenvalue weighted by Crippen LogP contribution is -2.06. The first-order chi connectivity index (χ1) is 8.43. The summed E-state index contributed by atoms with van der Waals surface area (Å²) in [6, 6.07) is 7.41. The summed E-state index contributed by atoms with van der Waals surface area (Å²) >= 11 is 5.86. The van der Waals surface area contributed by atoms with Gasteiger partial charge in [0.25, 0.3) is 0 Å². The van der Waals surface area contributed by atoms with E-state index in [9.17, 15) is 9.90 Å². The van der Waals surface area contributed by atoms with E-state index in [1.54, 1.807) is 23.7 Å². The molecule has 0 saturated heterocycles. The van der Waals surface area contributed by atoms with Crippen LogP contribution in [0.4, 0.5) is 0 Å². The standard InChI is InChI=1S/C14H14ClNO2/c1-8-9(2)13(14(17)18)16(3)12(8)10-4-6-11(15)7-5-10/h4-7H,1-3H3,(H,17,18). The summed E-state index contributed by atoms with van der Waals surface area (Å²) in [6.45, 7) is 3.77. The molecule has 1 aromatic carbocycles. The van der Waals surface area contributed by atoms with Gasteiger partial charge in [-0.05, 0) is 42.7 Å². The molecule has 4 heteroatoms. The van der Waals surface area contributed by atoms with E-state index in [2.05, 4.69) is 0 Å². The Morgan fingerprint density at radius 1 is 1.17 bits per heavy atom. The Hall–Kier alpha value is -1.74. The third-order valence-electron chi connectivity index (χ3n) is 3.26. The van der Waals surface area contributed by atoms with Crippen molar-refractivity contribution in [3.63, 3.8) is 0 Å². The molecule has 2 aromatic rings. The van der Waals surface area contributed by atoms with Crippen molar-refractivity contribution in [1.82, 2.24) is 4.57 Å². The second-order valence-electron chi connectivity index (χ2n) is 4.32. The summed E-state index contributed by atoms with van der Waals surface area (Å²) in [5.41, 5.74) is 4.00. The van der Waals surface area contributed by atoms with Gasteiger partial charge in [0.1, 0.15) is 5.69 Å². The van der Waals surface area contributed by atoms with Gasteiger partial charge in [0.05, 0.1) is 5.69 Å². The highest BCUT2D eigenvalue weighted by atomic mass is 35.5. The summed E-state index contributed by atoms with van der Waals surface area (Å²) in [6.07, 6.45) is 0. The van der Waals surface area contributed by atoms with Crippen LogP contribution in [0.2, 0.25) is 5.02 Å². The monoisotopic (exact) mass is 263 g/mol. The van der Waals surface area contributed by atoms with Gasteiger partial charge in [0.2, 0.25) is 0 Å². The first-order valence-electron chi connectivity index (χ1n) is 5.58. The van der Waals surface area contributed by atoms with Crippen LogP contribution in [0.3, 0.4) is 0 Å². The fourth-order valence-corrected chi connectivity index (χ4v) is 2.42. The number of halogens is 1. The van der Waals surface area contributed by atoms with Gasteiger partial charge >= 0.3 is 5.97 Å². The second kappa shape index (κ2) is 4.50. The summed E-state index contributed by atoms with van der Waals surface area (Å²) in [4.78, 5) is 11.3. The molecule has 0 bridgehead atoms. The number of nitrogens with zero attached hydrogens (tertiary/aromatic N) is 1. The van der Waals surface area contributed by atoms with Crippen molar-refractivity contribution in [1.29, 1.82) is 0 Å². The summed E-state index contributed by atoms with van der Waals surface area (Å²) in [5, 5.41) is 9.90. The average molecular weight is 264 g/mol. The Bertz CT molecular complexity index is 612. The SMILES string of the molecule is Cc1c(C)c(-c2ccc(Cl)cc2)n(C)c1C(=O)O. The van der Waals surface area contributed by atoms with Crippen molar-refractivity contribution < 1.29 is 9.90 Å². The summed E-state index contributed by atoms with van der Waals surface area (Å²) in [7, 11) is 1.77. The number of aromatic nitrogens is 1. The summed E-state index contributed by atoms with van der Waals surface area (Å²) in [5.74, 6) is -0.904. The molecule has 0 radical (unpaired) electrons. The van der Waals surface area contributed by atoms with Crippen LogP contribution >= 0.6 is 11.6 Å². The minimum atomic E-state index is -0.904. The average Bonchev–Trinajstić information content (AvgIpc) is 2.52. The third kappa shape index (κ3) is 1.91. The molecule has 0 amide bonds. The molecular formula is C14H14ClNO2. The van der Waals surface area contributed by atoms with Crippen molar-refractivity contribution in [3.8, 4) is 11.3 Å². The number of carbonyl (C=O) groups is 1. The minimum absolute atomic E-state index is 0.331. The fourth-order valence-electron chi connectivity index (χ4n) is 2.29. The lowest BCUT2D eigenvalue weighted by molar-refractivity contribution is 0.0686. The van der Waals surface area contributed by atoms with Gasteiger partial charge in [-0.1, -0.05) is 23.7 Å². The molecule has 94 valence electrons. The predicted molar refractivity (Wildman–Crippen MR) is 72.3 cm³/mol.